The molecular formula is C29H22F3NO5S2. The molecule has 0 aliphatic rings. The SMILES string of the molecule is Cc1c(-c2cc(C(=O)O)c3c(OC(C)c4ccc(S(=O)(=O)C(F)(F)F)cc4)ccc(C)c3n2)sc2ccccc12. The maximum Gasteiger partial charge on any atom is 0.501 e. The van der Waals surface area contributed by atoms with E-state index < -0.39 is 32.3 Å². The zero-order valence-corrected chi connectivity index (χ0v) is 23.0. The van der Waals surface area contributed by atoms with E-state index in [2.05, 4.69) is 0 Å². The second-order valence-corrected chi connectivity index (χ2v) is 12.3. The van der Waals surface area contributed by atoms with Gasteiger partial charge in [0.2, 0.25) is 0 Å². The Morgan fingerprint density at radius 2 is 1.70 bits per heavy atom. The molecule has 2 heterocycles. The Bertz CT molecular complexity index is 1900. The number of rotatable bonds is 6. The van der Waals surface area contributed by atoms with Crippen molar-refractivity contribution in [3.05, 3.63) is 89.0 Å². The molecule has 0 amide bonds. The van der Waals surface area contributed by atoms with Gasteiger partial charge in [0.05, 0.1) is 31.9 Å². The number of halogens is 3. The third-order valence-corrected chi connectivity index (χ3v) is 9.50. The van der Waals surface area contributed by atoms with Crippen LogP contribution in [0.15, 0.2) is 71.6 Å². The second kappa shape index (κ2) is 9.90. The van der Waals surface area contributed by atoms with Crippen molar-refractivity contribution in [2.24, 2.45) is 0 Å². The minimum absolute atomic E-state index is 0.00521. The van der Waals surface area contributed by atoms with E-state index in [1.54, 1.807) is 19.1 Å². The zero-order valence-electron chi connectivity index (χ0n) is 21.4. The van der Waals surface area contributed by atoms with E-state index in [-0.39, 0.29) is 16.7 Å². The van der Waals surface area contributed by atoms with Gasteiger partial charge in [-0.1, -0.05) is 36.4 Å². The highest BCUT2D eigenvalue weighted by molar-refractivity contribution is 7.92. The number of carboxylic acids is 1. The lowest BCUT2D eigenvalue weighted by Crippen LogP contribution is -2.23. The van der Waals surface area contributed by atoms with E-state index in [1.807, 2.05) is 38.1 Å². The summed E-state index contributed by atoms with van der Waals surface area (Å²) < 4.78 is 69.2. The summed E-state index contributed by atoms with van der Waals surface area (Å²) in [6.45, 7) is 5.41. The molecule has 0 aliphatic heterocycles. The molecule has 40 heavy (non-hydrogen) atoms. The molecule has 6 nitrogen and oxygen atoms in total. The molecule has 0 saturated carbocycles. The summed E-state index contributed by atoms with van der Waals surface area (Å²) in [6.07, 6.45) is -0.750. The summed E-state index contributed by atoms with van der Waals surface area (Å²) in [6, 6.07) is 17.0. The first-order valence-electron chi connectivity index (χ1n) is 12.0. The molecule has 11 heteroatoms. The Morgan fingerprint density at radius 1 is 1.02 bits per heavy atom. The summed E-state index contributed by atoms with van der Waals surface area (Å²) in [5.74, 6) is -0.943. The van der Waals surface area contributed by atoms with Gasteiger partial charge in [-0.3, -0.25) is 0 Å². The number of hydrogen-bond donors (Lipinski definition) is 1. The summed E-state index contributed by atoms with van der Waals surface area (Å²) >= 11 is 1.53. The first-order chi connectivity index (χ1) is 18.8. The Labute approximate surface area is 231 Å². The number of aromatic carboxylic acids is 1. The number of alkyl halides is 3. The lowest BCUT2D eigenvalue weighted by Gasteiger charge is -2.19. The molecule has 0 saturated heterocycles. The average molecular weight is 586 g/mol. The third kappa shape index (κ3) is 4.69. The van der Waals surface area contributed by atoms with Crippen LogP contribution in [0.25, 0.3) is 31.6 Å². The van der Waals surface area contributed by atoms with Crippen LogP contribution in [0.1, 0.15) is 40.1 Å². The van der Waals surface area contributed by atoms with Gasteiger partial charge >= 0.3 is 11.5 Å². The van der Waals surface area contributed by atoms with Gasteiger partial charge in [-0.2, -0.15) is 13.2 Å². The fourth-order valence-electron chi connectivity index (χ4n) is 4.55. The molecular weight excluding hydrogens is 563 g/mol. The molecule has 0 aliphatic carbocycles. The lowest BCUT2D eigenvalue weighted by molar-refractivity contribution is -0.0436. The fourth-order valence-corrected chi connectivity index (χ4v) is 6.49. The van der Waals surface area contributed by atoms with Crippen LogP contribution in [0.4, 0.5) is 13.2 Å². The summed E-state index contributed by atoms with van der Waals surface area (Å²) in [5, 5.41) is 11.5. The van der Waals surface area contributed by atoms with Gasteiger partial charge in [-0.15, -0.1) is 11.3 Å². The van der Waals surface area contributed by atoms with E-state index in [9.17, 15) is 31.5 Å². The fraction of sp³-hybridized carbons (Fsp3) is 0.172. The van der Waals surface area contributed by atoms with Gasteiger partial charge in [-0.25, -0.2) is 18.2 Å². The standard InChI is InChI=1S/C29H22F3NO5S2/c1-15-8-13-23(38-17(3)18-9-11-19(12-10-18)40(36,37)29(30,31)32)25-21(28(34)35)14-22(33-26(15)25)27-16(2)20-6-4-5-7-24(20)39-27/h4-14,17H,1-3H3,(H,34,35). The summed E-state index contributed by atoms with van der Waals surface area (Å²) in [5.41, 5.74) is -2.31. The maximum atomic E-state index is 12.9. The van der Waals surface area contributed by atoms with Gasteiger partial charge in [-0.05, 0) is 73.2 Å². The van der Waals surface area contributed by atoms with Crippen molar-refractivity contribution in [3.8, 4) is 16.3 Å². The smallest absolute Gasteiger partial charge is 0.485 e. The first kappa shape index (κ1) is 27.6. The van der Waals surface area contributed by atoms with Crippen molar-refractivity contribution in [2.45, 2.75) is 37.3 Å². The number of carbonyl (C=O) groups is 1. The monoisotopic (exact) mass is 585 g/mol. The van der Waals surface area contributed by atoms with Crippen molar-refractivity contribution in [2.75, 3.05) is 0 Å². The highest BCUT2D eigenvalue weighted by Crippen LogP contribution is 2.41. The number of thiophene rings is 1. The Kier molecular flexibility index (Phi) is 6.83. The number of sulfone groups is 1. The quantitative estimate of drug-likeness (QED) is 0.218. The average Bonchev–Trinajstić information content (AvgIpc) is 3.25. The van der Waals surface area contributed by atoms with Crippen LogP contribution < -0.4 is 4.74 Å². The van der Waals surface area contributed by atoms with Crippen molar-refractivity contribution < 1.29 is 36.2 Å². The van der Waals surface area contributed by atoms with Gasteiger partial charge in [0, 0.05) is 4.70 Å². The molecule has 206 valence electrons. The molecule has 0 radical (unpaired) electrons. The molecule has 0 fully saturated rings. The van der Waals surface area contributed by atoms with Crippen LogP contribution in [0.3, 0.4) is 0 Å². The van der Waals surface area contributed by atoms with Crippen LogP contribution in [-0.2, 0) is 9.84 Å². The molecule has 0 spiro atoms. The Hall–Kier alpha value is -3.96. The number of aryl methyl sites for hydroxylation is 2. The minimum atomic E-state index is -5.48. The van der Waals surface area contributed by atoms with Crippen molar-refractivity contribution in [1.29, 1.82) is 0 Å². The van der Waals surface area contributed by atoms with Gasteiger partial charge < -0.3 is 9.84 Å². The van der Waals surface area contributed by atoms with Crippen LogP contribution in [0.5, 0.6) is 5.75 Å². The molecule has 0 bridgehead atoms. The highest BCUT2D eigenvalue weighted by atomic mass is 32.2. The highest BCUT2D eigenvalue weighted by Gasteiger charge is 2.46. The predicted octanol–water partition coefficient (Wildman–Crippen LogP) is 7.87. The normalized spacial score (nSPS) is 13.1. The molecule has 1 N–H and O–H groups in total. The topological polar surface area (TPSA) is 93.6 Å². The molecule has 1 unspecified atom stereocenters. The van der Waals surface area contributed by atoms with E-state index >= 15 is 0 Å². The van der Waals surface area contributed by atoms with E-state index in [4.69, 9.17) is 9.72 Å². The lowest BCUT2D eigenvalue weighted by atomic mass is 10.0. The largest absolute Gasteiger partial charge is 0.501 e. The summed E-state index contributed by atoms with van der Waals surface area (Å²) in [7, 11) is -5.48. The zero-order chi connectivity index (χ0) is 29.0. The number of nitrogens with zero attached hydrogens (tertiary/aromatic N) is 1. The molecule has 1 atom stereocenters. The van der Waals surface area contributed by atoms with Gasteiger partial charge in [0.25, 0.3) is 9.84 Å². The van der Waals surface area contributed by atoms with E-state index in [0.717, 1.165) is 38.2 Å². The van der Waals surface area contributed by atoms with E-state index in [0.29, 0.717) is 16.8 Å². The number of pyridine rings is 1. The molecule has 5 rings (SSSR count). The Balaban J connectivity index is 1.57. The Morgan fingerprint density at radius 3 is 2.33 bits per heavy atom. The number of aromatic nitrogens is 1. The number of hydrogen-bond acceptors (Lipinski definition) is 6. The van der Waals surface area contributed by atoms with Crippen molar-refractivity contribution in [3.63, 3.8) is 0 Å². The number of benzene rings is 3. The van der Waals surface area contributed by atoms with Gasteiger partial charge in [0.15, 0.2) is 0 Å². The summed E-state index contributed by atoms with van der Waals surface area (Å²) in [4.78, 5) is 17.3. The number of fused-ring (bicyclic) bond motifs is 2. The molecule has 5 aromatic rings. The maximum absolute atomic E-state index is 12.9. The van der Waals surface area contributed by atoms with Crippen LogP contribution >= 0.6 is 11.3 Å². The third-order valence-electron chi connectivity index (χ3n) is 6.70. The van der Waals surface area contributed by atoms with Crippen LogP contribution in [-0.4, -0.2) is 30.0 Å². The minimum Gasteiger partial charge on any atom is -0.485 e. The van der Waals surface area contributed by atoms with Crippen LogP contribution in [0.2, 0.25) is 0 Å². The number of carboxylic acid groups (broad SMARTS) is 1. The number of ether oxygens (including phenoxy) is 1. The molecule has 2 aromatic heterocycles. The van der Waals surface area contributed by atoms with Crippen LogP contribution in [0, 0.1) is 13.8 Å². The van der Waals surface area contributed by atoms with Crippen molar-refractivity contribution in [1.82, 2.24) is 4.98 Å². The van der Waals surface area contributed by atoms with Crippen molar-refractivity contribution >= 4 is 48.1 Å². The van der Waals surface area contributed by atoms with Gasteiger partial charge in [0.1, 0.15) is 11.9 Å². The second-order valence-electron chi connectivity index (χ2n) is 9.30. The molecule has 3 aromatic carbocycles. The predicted molar refractivity (Wildman–Crippen MR) is 148 cm³/mol. The van der Waals surface area contributed by atoms with E-state index in [1.165, 1.54) is 29.5 Å². The first-order valence-corrected chi connectivity index (χ1v) is 14.3.